The number of hydrogen-bond donors (Lipinski definition) is 2. The van der Waals surface area contributed by atoms with E-state index >= 15 is 0 Å². The van der Waals surface area contributed by atoms with Gasteiger partial charge in [0.05, 0.1) is 6.54 Å². The Kier molecular flexibility index (Phi) is 3.41. The molecule has 1 aliphatic carbocycles. The van der Waals surface area contributed by atoms with Gasteiger partial charge in [0.1, 0.15) is 0 Å². The van der Waals surface area contributed by atoms with E-state index in [4.69, 9.17) is 0 Å². The highest BCUT2D eigenvalue weighted by Gasteiger charge is 2.28. The van der Waals surface area contributed by atoms with E-state index in [2.05, 4.69) is 36.4 Å². The number of rotatable bonds is 2. The standard InChI is InChI=1S/C13H25N3/c1-10-8-14-12(16-10)15-9-11-5-4-6-13(2,3)7-11/h10-11H,4-9H2,1-3H3,(H2,14,15,16). The molecule has 0 bridgehead atoms. The van der Waals surface area contributed by atoms with Crippen molar-refractivity contribution in [2.75, 3.05) is 13.1 Å². The third kappa shape index (κ3) is 3.13. The van der Waals surface area contributed by atoms with Gasteiger partial charge in [-0.1, -0.05) is 20.3 Å². The highest BCUT2D eigenvalue weighted by atomic mass is 15.2. The van der Waals surface area contributed by atoms with E-state index < -0.39 is 0 Å². The van der Waals surface area contributed by atoms with Gasteiger partial charge in [0.25, 0.3) is 0 Å². The zero-order chi connectivity index (χ0) is 11.6. The lowest BCUT2D eigenvalue weighted by Gasteiger charge is -2.35. The second-order valence-electron chi connectivity index (χ2n) is 6.24. The van der Waals surface area contributed by atoms with E-state index in [0.29, 0.717) is 11.5 Å². The highest BCUT2D eigenvalue weighted by Crippen LogP contribution is 2.38. The van der Waals surface area contributed by atoms with Crippen LogP contribution >= 0.6 is 0 Å². The third-order valence-electron chi connectivity index (χ3n) is 3.77. The highest BCUT2D eigenvalue weighted by molar-refractivity contribution is 5.81. The van der Waals surface area contributed by atoms with Crippen LogP contribution in [0.4, 0.5) is 0 Å². The molecular formula is C13H25N3. The molecule has 2 rings (SSSR count). The van der Waals surface area contributed by atoms with Crippen molar-refractivity contribution >= 4 is 5.96 Å². The average molecular weight is 223 g/mol. The van der Waals surface area contributed by atoms with E-state index in [1.54, 1.807) is 0 Å². The van der Waals surface area contributed by atoms with Gasteiger partial charge in [0.2, 0.25) is 0 Å². The summed E-state index contributed by atoms with van der Waals surface area (Å²) in [6.07, 6.45) is 5.50. The minimum atomic E-state index is 0.505. The molecule has 0 spiro atoms. The first kappa shape index (κ1) is 11.7. The van der Waals surface area contributed by atoms with Gasteiger partial charge in [-0.05, 0) is 37.5 Å². The first-order valence-electron chi connectivity index (χ1n) is 6.60. The lowest BCUT2D eigenvalue weighted by Crippen LogP contribution is -2.41. The van der Waals surface area contributed by atoms with Crippen LogP contribution in [0.5, 0.6) is 0 Å². The molecule has 0 saturated heterocycles. The summed E-state index contributed by atoms with van der Waals surface area (Å²) in [6.45, 7) is 8.96. The van der Waals surface area contributed by atoms with Gasteiger partial charge >= 0.3 is 0 Å². The summed E-state index contributed by atoms with van der Waals surface area (Å²) in [5.41, 5.74) is 0.544. The largest absolute Gasteiger partial charge is 0.356 e. The third-order valence-corrected chi connectivity index (χ3v) is 3.77. The molecule has 1 saturated carbocycles. The van der Waals surface area contributed by atoms with Gasteiger partial charge in [0, 0.05) is 12.6 Å². The molecular weight excluding hydrogens is 198 g/mol. The molecule has 3 heteroatoms. The summed E-state index contributed by atoms with van der Waals surface area (Å²) in [7, 11) is 0. The fourth-order valence-electron chi connectivity index (χ4n) is 2.93. The van der Waals surface area contributed by atoms with Crippen LogP contribution in [-0.4, -0.2) is 25.1 Å². The topological polar surface area (TPSA) is 36.4 Å². The summed E-state index contributed by atoms with van der Waals surface area (Å²) in [6, 6.07) is 0.505. The molecule has 1 fully saturated rings. The van der Waals surface area contributed by atoms with Crippen molar-refractivity contribution in [3.63, 3.8) is 0 Å². The Morgan fingerprint density at radius 1 is 1.50 bits per heavy atom. The second kappa shape index (κ2) is 4.64. The van der Waals surface area contributed by atoms with E-state index in [-0.39, 0.29) is 0 Å². The lowest BCUT2D eigenvalue weighted by atomic mass is 9.72. The van der Waals surface area contributed by atoms with Gasteiger partial charge in [-0.25, -0.2) is 0 Å². The monoisotopic (exact) mass is 223 g/mol. The van der Waals surface area contributed by atoms with Crippen molar-refractivity contribution in [2.24, 2.45) is 16.3 Å². The maximum absolute atomic E-state index is 4.43. The van der Waals surface area contributed by atoms with Crippen LogP contribution in [0.15, 0.2) is 4.99 Å². The second-order valence-corrected chi connectivity index (χ2v) is 6.24. The van der Waals surface area contributed by atoms with Gasteiger partial charge in [0.15, 0.2) is 5.96 Å². The molecule has 0 aromatic carbocycles. The molecule has 0 radical (unpaired) electrons. The SMILES string of the molecule is CC1CN=C(NCC2CCCC(C)(C)C2)N1. The molecule has 0 amide bonds. The van der Waals surface area contributed by atoms with Crippen LogP contribution in [0.1, 0.15) is 46.5 Å². The fraction of sp³-hybridized carbons (Fsp3) is 0.923. The predicted molar refractivity (Wildman–Crippen MR) is 68.6 cm³/mol. The number of hydrogen-bond acceptors (Lipinski definition) is 3. The van der Waals surface area contributed by atoms with Crippen molar-refractivity contribution in [3.8, 4) is 0 Å². The number of nitrogens with zero attached hydrogens (tertiary/aromatic N) is 1. The number of guanidine groups is 1. The normalized spacial score (nSPS) is 33.1. The van der Waals surface area contributed by atoms with Crippen LogP contribution in [0, 0.1) is 11.3 Å². The molecule has 92 valence electrons. The lowest BCUT2D eigenvalue weighted by molar-refractivity contribution is 0.181. The number of nitrogens with one attached hydrogen (secondary N) is 2. The van der Waals surface area contributed by atoms with E-state index in [9.17, 15) is 0 Å². The smallest absolute Gasteiger partial charge is 0.191 e. The van der Waals surface area contributed by atoms with Crippen molar-refractivity contribution in [2.45, 2.75) is 52.5 Å². The minimum absolute atomic E-state index is 0.505. The average Bonchev–Trinajstić information content (AvgIpc) is 2.60. The van der Waals surface area contributed by atoms with Crippen LogP contribution < -0.4 is 10.6 Å². The molecule has 2 atom stereocenters. The molecule has 1 aliphatic heterocycles. The number of aliphatic imine (C=N–C) groups is 1. The van der Waals surface area contributed by atoms with E-state index in [0.717, 1.165) is 25.0 Å². The Bertz CT molecular complexity index is 270. The summed E-state index contributed by atoms with van der Waals surface area (Å²) >= 11 is 0. The molecule has 3 nitrogen and oxygen atoms in total. The molecule has 2 unspecified atom stereocenters. The fourth-order valence-corrected chi connectivity index (χ4v) is 2.93. The zero-order valence-corrected chi connectivity index (χ0v) is 10.8. The van der Waals surface area contributed by atoms with Crippen molar-refractivity contribution in [1.82, 2.24) is 10.6 Å². The van der Waals surface area contributed by atoms with Crippen LogP contribution in [0.2, 0.25) is 0 Å². The van der Waals surface area contributed by atoms with Crippen molar-refractivity contribution < 1.29 is 0 Å². The Hall–Kier alpha value is -0.730. The summed E-state index contributed by atoms with van der Waals surface area (Å²) in [5.74, 6) is 1.83. The van der Waals surface area contributed by atoms with Gasteiger partial charge in [-0.3, -0.25) is 4.99 Å². The first-order chi connectivity index (χ1) is 7.55. The van der Waals surface area contributed by atoms with Gasteiger partial charge in [-0.2, -0.15) is 0 Å². The molecule has 2 aliphatic rings. The Labute approximate surface area is 99.1 Å². The quantitative estimate of drug-likeness (QED) is 0.752. The molecule has 16 heavy (non-hydrogen) atoms. The molecule has 2 N–H and O–H groups in total. The molecule has 0 aromatic heterocycles. The summed E-state index contributed by atoms with van der Waals surface area (Å²) in [5, 5.41) is 6.81. The Morgan fingerprint density at radius 3 is 2.94 bits per heavy atom. The summed E-state index contributed by atoms with van der Waals surface area (Å²) in [4.78, 5) is 4.43. The summed E-state index contributed by atoms with van der Waals surface area (Å²) < 4.78 is 0. The first-order valence-corrected chi connectivity index (χ1v) is 6.60. The van der Waals surface area contributed by atoms with E-state index in [1.807, 2.05) is 0 Å². The predicted octanol–water partition coefficient (Wildman–Crippen LogP) is 2.14. The molecule has 1 heterocycles. The van der Waals surface area contributed by atoms with Crippen LogP contribution in [-0.2, 0) is 0 Å². The van der Waals surface area contributed by atoms with E-state index in [1.165, 1.54) is 25.7 Å². The maximum Gasteiger partial charge on any atom is 0.191 e. The van der Waals surface area contributed by atoms with Crippen molar-refractivity contribution in [1.29, 1.82) is 0 Å². The Morgan fingerprint density at radius 2 is 2.31 bits per heavy atom. The maximum atomic E-state index is 4.43. The van der Waals surface area contributed by atoms with Crippen LogP contribution in [0.25, 0.3) is 0 Å². The van der Waals surface area contributed by atoms with Crippen LogP contribution in [0.3, 0.4) is 0 Å². The molecule has 0 aromatic rings. The zero-order valence-electron chi connectivity index (χ0n) is 10.8. The van der Waals surface area contributed by atoms with Gasteiger partial charge in [-0.15, -0.1) is 0 Å². The van der Waals surface area contributed by atoms with Crippen molar-refractivity contribution in [3.05, 3.63) is 0 Å². The van der Waals surface area contributed by atoms with Gasteiger partial charge < -0.3 is 10.6 Å². The Balaban J connectivity index is 1.74. The minimum Gasteiger partial charge on any atom is -0.356 e.